The van der Waals surface area contributed by atoms with Gasteiger partial charge in [-0.05, 0) is 26.1 Å². The van der Waals surface area contributed by atoms with E-state index in [2.05, 4.69) is 18.7 Å². The van der Waals surface area contributed by atoms with Gasteiger partial charge in [-0.2, -0.15) is 0 Å². The van der Waals surface area contributed by atoms with E-state index in [0.29, 0.717) is 6.61 Å². The van der Waals surface area contributed by atoms with Crippen molar-refractivity contribution in [2.75, 3.05) is 33.4 Å². The van der Waals surface area contributed by atoms with Crippen LogP contribution in [0.5, 0.6) is 0 Å². The number of rotatable bonds is 7. The first-order valence-electron chi connectivity index (χ1n) is 4.71. The lowest BCUT2D eigenvalue weighted by atomic mass is 10.2. The van der Waals surface area contributed by atoms with E-state index in [1.54, 1.807) is 7.11 Å². The molecule has 0 saturated carbocycles. The second kappa shape index (κ2) is 7.53. The molecule has 0 radical (unpaired) electrons. The number of nitrogens with two attached hydrogens (primary N) is 1. The Kier molecular flexibility index (Phi) is 7.45. The first-order valence-corrected chi connectivity index (χ1v) is 4.71. The monoisotopic (exact) mass is 174 g/mol. The lowest BCUT2D eigenvalue weighted by molar-refractivity contribution is 0.169. The SMILES string of the molecule is CCN(CC)CCC(N)COC. The predicted molar refractivity (Wildman–Crippen MR) is 52.3 cm³/mol. The van der Waals surface area contributed by atoms with Gasteiger partial charge < -0.3 is 15.4 Å². The third-order valence-corrected chi connectivity index (χ3v) is 2.09. The predicted octanol–water partition coefficient (Wildman–Crippen LogP) is 0.692. The second-order valence-electron chi connectivity index (χ2n) is 3.03. The van der Waals surface area contributed by atoms with Crippen LogP contribution in [0.3, 0.4) is 0 Å². The summed E-state index contributed by atoms with van der Waals surface area (Å²) in [5.74, 6) is 0. The number of methoxy groups -OCH3 is 1. The van der Waals surface area contributed by atoms with Crippen molar-refractivity contribution < 1.29 is 4.74 Å². The first-order chi connectivity index (χ1) is 5.74. The summed E-state index contributed by atoms with van der Waals surface area (Å²) in [5, 5.41) is 0. The summed E-state index contributed by atoms with van der Waals surface area (Å²) >= 11 is 0. The number of hydrogen-bond acceptors (Lipinski definition) is 3. The van der Waals surface area contributed by atoms with Crippen molar-refractivity contribution in [3.63, 3.8) is 0 Å². The summed E-state index contributed by atoms with van der Waals surface area (Å²) in [5.41, 5.74) is 5.79. The van der Waals surface area contributed by atoms with Gasteiger partial charge in [0.1, 0.15) is 0 Å². The Balaban J connectivity index is 3.37. The summed E-state index contributed by atoms with van der Waals surface area (Å²) < 4.78 is 4.96. The minimum Gasteiger partial charge on any atom is -0.383 e. The standard InChI is InChI=1S/C9H22N2O/c1-4-11(5-2)7-6-9(10)8-12-3/h9H,4-8,10H2,1-3H3. The Hall–Kier alpha value is -0.120. The van der Waals surface area contributed by atoms with Crippen molar-refractivity contribution in [1.82, 2.24) is 4.90 Å². The van der Waals surface area contributed by atoms with E-state index in [1.807, 2.05) is 0 Å². The van der Waals surface area contributed by atoms with Crippen LogP contribution in [0, 0.1) is 0 Å². The van der Waals surface area contributed by atoms with Gasteiger partial charge in [0.05, 0.1) is 6.61 Å². The number of nitrogens with zero attached hydrogens (tertiary/aromatic N) is 1. The van der Waals surface area contributed by atoms with Gasteiger partial charge in [-0.15, -0.1) is 0 Å². The highest BCUT2D eigenvalue weighted by Gasteiger charge is 2.04. The van der Waals surface area contributed by atoms with Crippen LogP contribution in [0.1, 0.15) is 20.3 Å². The molecule has 2 N–H and O–H groups in total. The van der Waals surface area contributed by atoms with Crippen molar-refractivity contribution in [2.24, 2.45) is 5.73 Å². The van der Waals surface area contributed by atoms with E-state index in [4.69, 9.17) is 10.5 Å². The molecule has 0 aliphatic carbocycles. The summed E-state index contributed by atoms with van der Waals surface area (Å²) in [4.78, 5) is 2.37. The molecule has 3 heteroatoms. The van der Waals surface area contributed by atoms with Crippen LogP contribution in [0.15, 0.2) is 0 Å². The maximum absolute atomic E-state index is 5.79. The molecule has 3 nitrogen and oxygen atoms in total. The Morgan fingerprint density at radius 2 is 1.92 bits per heavy atom. The van der Waals surface area contributed by atoms with Gasteiger partial charge in [0.25, 0.3) is 0 Å². The Morgan fingerprint density at radius 1 is 1.33 bits per heavy atom. The Labute approximate surface area is 75.9 Å². The van der Waals surface area contributed by atoms with Crippen LogP contribution >= 0.6 is 0 Å². The normalized spacial score (nSPS) is 13.8. The Bertz CT molecular complexity index is 94.5. The summed E-state index contributed by atoms with van der Waals surface area (Å²) in [6.07, 6.45) is 1.02. The highest BCUT2D eigenvalue weighted by Crippen LogP contribution is 1.94. The van der Waals surface area contributed by atoms with Gasteiger partial charge in [0.15, 0.2) is 0 Å². The molecule has 1 atom stereocenters. The molecule has 0 aromatic rings. The van der Waals surface area contributed by atoms with E-state index >= 15 is 0 Å². The molecule has 74 valence electrons. The third-order valence-electron chi connectivity index (χ3n) is 2.09. The molecular formula is C9H22N2O. The molecule has 0 aliphatic heterocycles. The molecular weight excluding hydrogens is 152 g/mol. The molecule has 0 fully saturated rings. The lowest BCUT2D eigenvalue weighted by Gasteiger charge is -2.19. The maximum atomic E-state index is 5.79. The van der Waals surface area contributed by atoms with Gasteiger partial charge in [0.2, 0.25) is 0 Å². The molecule has 1 unspecified atom stereocenters. The van der Waals surface area contributed by atoms with Crippen LogP contribution < -0.4 is 5.73 Å². The topological polar surface area (TPSA) is 38.5 Å². The Morgan fingerprint density at radius 3 is 2.33 bits per heavy atom. The number of ether oxygens (including phenoxy) is 1. The van der Waals surface area contributed by atoms with Crippen molar-refractivity contribution in [3.8, 4) is 0 Å². The molecule has 0 rings (SSSR count). The highest BCUT2D eigenvalue weighted by molar-refractivity contribution is 4.63. The van der Waals surface area contributed by atoms with Gasteiger partial charge >= 0.3 is 0 Å². The zero-order chi connectivity index (χ0) is 9.40. The fourth-order valence-corrected chi connectivity index (χ4v) is 1.19. The summed E-state index contributed by atoms with van der Waals surface area (Å²) in [6.45, 7) is 8.31. The average molecular weight is 174 g/mol. The van der Waals surface area contributed by atoms with E-state index in [-0.39, 0.29) is 6.04 Å². The van der Waals surface area contributed by atoms with Crippen LogP contribution in [0.2, 0.25) is 0 Å². The second-order valence-corrected chi connectivity index (χ2v) is 3.03. The van der Waals surface area contributed by atoms with Crippen molar-refractivity contribution in [2.45, 2.75) is 26.3 Å². The van der Waals surface area contributed by atoms with Gasteiger partial charge in [0, 0.05) is 13.2 Å². The van der Waals surface area contributed by atoms with Crippen molar-refractivity contribution in [3.05, 3.63) is 0 Å². The van der Waals surface area contributed by atoms with Gasteiger partial charge in [-0.1, -0.05) is 13.8 Å². The minimum absolute atomic E-state index is 0.190. The molecule has 0 heterocycles. The molecule has 12 heavy (non-hydrogen) atoms. The fourth-order valence-electron chi connectivity index (χ4n) is 1.19. The molecule has 0 amide bonds. The van der Waals surface area contributed by atoms with E-state index < -0.39 is 0 Å². The van der Waals surface area contributed by atoms with Crippen LogP contribution in [-0.4, -0.2) is 44.3 Å². The van der Waals surface area contributed by atoms with Gasteiger partial charge in [-0.25, -0.2) is 0 Å². The van der Waals surface area contributed by atoms with Crippen molar-refractivity contribution >= 4 is 0 Å². The molecule has 0 spiro atoms. The third kappa shape index (κ3) is 5.52. The highest BCUT2D eigenvalue weighted by atomic mass is 16.5. The molecule has 0 saturated heterocycles. The summed E-state index contributed by atoms with van der Waals surface area (Å²) in [7, 11) is 1.69. The fraction of sp³-hybridized carbons (Fsp3) is 1.00. The maximum Gasteiger partial charge on any atom is 0.0614 e. The zero-order valence-corrected chi connectivity index (χ0v) is 8.55. The zero-order valence-electron chi connectivity index (χ0n) is 8.55. The quantitative estimate of drug-likeness (QED) is 0.617. The van der Waals surface area contributed by atoms with Crippen LogP contribution in [0.4, 0.5) is 0 Å². The first kappa shape index (κ1) is 11.9. The van der Waals surface area contributed by atoms with E-state index in [0.717, 1.165) is 26.1 Å². The average Bonchev–Trinajstić information content (AvgIpc) is 2.07. The van der Waals surface area contributed by atoms with Gasteiger partial charge in [-0.3, -0.25) is 0 Å². The van der Waals surface area contributed by atoms with Crippen LogP contribution in [-0.2, 0) is 4.74 Å². The number of hydrogen-bond donors (Lipinski definition) is 1. The van der Waals surface area contributed by atoms with Crippen LogP contribution in [0.25, 0.3) is 0 Å². The smallest absolute Gasteiger partial charge is 0.0614 e. The van der Waals surface area contributed by atoms with Crippen molar-refractivity contribution in [1.29, 1.82) is 0 Å². The molecule has 0 aromatic carbocycles. The lowest BCUT2D eigenvalue weighted by Crippen LogP contribution is -2.32. The summed E-state index contributed by atoms with van der Waals surface area (Å²) in [6, 6.07) is 0.190. The van der Waals surface area contributed by atoms with E-state index in [1.165, 1.54) is 0 Å². The largest absolute Gasteiger partial charge is 0.383 e. The minimum atomic E-state index is 0.190. The molecule has 0 aromatic heterocycles. The van der Waals surface area contributed by atoms with E-state index in [9.17, 15) is 0 Å². The molecule has 0 aliphatic rings. The molecule has 0 bridgehead atoms.